The molecule has 1 aromatic heterocycles. The monoisotopic (exact) mass is 560 g/mol. The summed E-state index contributed by atoms with van der Waals surface area (Å²) in [6.07, 6.45) is 1.25. The number of hydrogen-bond donors (Lipinski definition) is 3. The number of carboxylic acids is 1. The Morgan fingerprint density at radius 1 is 1.02 bits per heavy atom. The predicted octanol–water partition coefficient (Wildman–Crippen LogP) is 4.15. The van der Waals surface area contributed by atoms with Gasteiger partial charge in [-0.05, 0) is 43.3 Å². The van der Waals surface area contributed by atoms with Crippen LogP contribution < -0.4 is 20.2 Å². The zero-order chi connectivity index (χ0) is 28.5. The summed E-state index contributed by atoms with van der Waals surface area (Å²) < 4.78 is 12.3. The fraction of sp³-hybridized carbons (Fsp3) is 0.179. The van der Waals surface area contributed by atoms with Crippen molar-refractivity contribution in [2.45, 2.75) is 18.6 Å². The highest BCUT2D eigenvalue weighted by Gasteiger charge is 2.20. The number of carbonyl (C=O) groups is 2. The van der Waals surface area contributed by atoms with Crippen LogP contribution in [0.3, 0.4) is 0 Å². The van der Waals surface area contributed by atoms with Gasteiger partial charge >= 0.3 is 5.97 Å². The van der Waals surface area contributed by atoms with Gasteiger partial charge in [-0.25, -0.2) is 10.2 Å². The van der Waals surface area contributed by atoms with Gasteiger partial charge < -0.3 is 19.9 Å². The predicted molar refractivity (Wildman–Crippen MR) is 153 cm³/mol. The van der Waals surface area contributed by atoms with Gasteiger partial charge in [0.05, 0.1) is 32.7 Å². The number of nitrogens with one attached hydrogen (secondary N) is 2. The zero-order valence-corrected chi connectivity index (χ0v) is 22.9. The van der Waals surface area contributed by atoms with Gasteiger partial charge in [-0.3, -0.25) is 9.36 Å². The van der Waals surface area contributed by atoms with Crippen LogP contribution >= 0.6 is 11.8 Å². The number of methoxy groups -OCH3 is 2. The summed E-state index contributed by atoms with van der Waals surface area (Å²) in [4.78, 5) is 24.4. The summed E-state index contributed by atoms with van der Waals surface area (Å²) in [7, 11) is 2.76. The van der Waals surface area contributed by atoms with E-state index in [1.165, 1.54) is 43.8 Å². The molecular weight excluding hydrogens is 532 g/mol. The average Bonchev–Trinajstić information content (AvgIpc) is 3.38. The summed E-state index contributed by atoms with van der Waals surface area (Å²) in [6.45, 7) is 2.46. The van der Waals surface area contributed by atoms with Crippen LogP contribution in [0.1, 0.15) is 27.3 Å². The van der Waals surface area contributed by atoms with Crippen molar-refractivity contribution >= 4 is 35.5 Å². The third-order valence-electron chi connectivity index (χ3n) is 5.73. The third kappa shape index (κ3) is 6.77. The number of thioether (sulfide) groups is 1. The summed E-state index contributed by atoms with van der Waals surface area (Å²) >= 11 is 1.20. The van der Waals surface area contributed by atoms with E-state index in [-0.39, 0.29) is 28.4 Å². The first kappa shape index (κ1) is 28.2. The van der Waals surface area contributed by atoms with E-state index in [2.05, 4.69) is 26.0 Å². The number of carboxylic acid groups (broad SMARTS) is 1. The highest BCUT2D eigenvalue weighted by molar-refractivity contribution is 7.99. The van der Waals surface area contributed by atoms with Crippen molar-refractivity contribution in [3.8, 4) is 17.2 Å². The Hall–Kier alpha value is -4.84. The second-order valence-electron chi connectivity index (χ2n) is 8.44. The Balaban J connectivity index is 1.45. The van der Waals surface area contributed by atoms with Crippen molar-refractivity contribution in [1.82, 2.24) is 20.2 Å². The second kappa shape index (κ2) is 13.3. The Labute approximate surface area is 235 Å². The van der Waals surface area contributed by atoms with Crippen molar-refractivity contribution in [1.29, 1.82) is 0 Å². The molecular formula is C28H28N6O5S. The molecule has 0 saturated carbocycles. The minimum absolute atomic E-state index is 0.00538. The molecule has 4 rings (SSSR count). The third-order valence-corrected chi connectivity index (χ3v) is 6.66. The van der Waals surface area contributed by atoms with Crippen LogP contribution in [0.5, 0.6) is 11.5 Å². The number of nitrogens with zero attached hydrogens (tertiary/aromatic N) is 4. The zero-order valence-electron chi connectivity index (χ0n) is 22.1. The molecule has 0 aliphatic rings. The summed E-state index contributed by atoms with van der Waals surface area (Å²) in [5.41, 5.74) is 5.54. The first-order valence-electron chi connectivity index (χ1n) is 12.1. The van der Waals surface area contributed by atoms with E-state index in [4.69, 9.17) is 9.47 Å². The van der Waals surface area contributed by atoms with Gasteiger partial charge in [-0.2, -0.15) is 5.10 Å². The second-order valence-corrected chi connectivity index (χ2v) is 9.38. The molecule has 0 fully saturated rings. The van der Waals surface area contributed by atoms with Crippen LogP contribution in [0.2, 0.25) is 0 Å². The van der Waals surface area contributed by atoms with Crippen LogP contribution in [-0.4, -0.2) is 57.9 Å². The smallest absolute Gasteiger partial charge is 0.340 e. The minimum atomic E-state index is -1.22. The molecule has 1 amide bonds. The fourth-order valence-corrected chi connectivity index (χ4v) is 4.57. The van der Waals surface area contributed by atoms with Gasteiger partial charge in [0.15, 0.2) is 22.5 Å². The first-order chi connectivity index (χ1) is 19.4. The van der Waals surface area contributed by atoms with Crippen molar-refractivity contribution < 1.29 is 24.2 Å². The molecule has 0 atom stereocenters. The molecule has 206 valence electrons. The van der Waals surface area contributed by atoms with E-state index in [0.717, 1.165) is 11.4 Å². The average molecular weight is 561 g/mol. The molecule has 0 unspecified atom stereocenters. The van der Waals surface area contributed by atoms with E-state index >= 15 is 0 Å². The maximum absolute atomic E-state index is 12.6. The van der Waals surface area contributed by atoms with Crippen LogP contribution in [0.25, 0.3) is 5.69 Å². The number of amides is 1. The highest BCUT2D eigenvalue weighted by atomic mass is 32.2. The van der Waals surface area contributed by atoms with E-state index in [9.17, 15) is 14.7 Å². The molecule has 3 N–H and O–H groups in total. The molecule has 4 aromatic rings. The molecule has 3 aromatic carbocycles. The van der Waals surface area contributed by atoms with E-state index in [0.29, 0.717) is 17.5 Å². The fourth-order valence-electron chi connectivity index (χ4n) is 3.80. The Kier molecular flexibility index (Phi) is 9.36. The standard InChI is InChI=1S/C28H28N6O5S/c1-18-9-12-20(13-10-18)29-16-23-31-33-28(34(23)21-7-5-4-6-8-21)40-17-24(35)32-30-15-19-11-14-22(38-2)26(39-3)25(19)27(36)37/h4-15,29H,16-17H2,1-3H3,(H,32,35)(H,36,37)/b30-15-. The number of aromatic nitrogens is 3. The van der Waals surface area contributed by atoms with Crippen molar-refractivity contribution in [2.24, 2.45) is 5.10 Å². The molecule has 40 heavy (non-hydrogen) atoms. The largest absolute Gasteiger partial charge is 0.493 e. The number of ether oxygens (including phenoxy) is 2. The number of hydrazone groups is 1. The van der Waals surface area contributed by atoms with Crippen LogP contribution in [0, 0.1) is 6.92 Å². The number of hydrogen-bond acceptors (Lipinski definition) is 9. The Morgan fingerprint density at radius 2 is 1.77 bits per heavy atom. The molecule has 1 heterocycles. The number of carbonyl (C=O) groups excluding carboxylic acids is 1. The van der Waals surface area contributed by atoms with E-state index < -0.39 is 11.9 Å². The van der Waals surface area contributed by atoms with Gasteiger partial charge in [0, 0.05) is 16.9 Å². The topological polar surface area (TPSA) is 140 Å². The Morgan fingerprint density at radius 3 is 2.45 bits per heavy atom. The van der Waals surface area contributed by atoms with E-state index in [1.807, 2.05) is 66.1 Å². The molecule has 12 heteroatoms. The van der Waals surface area contributed by atoms with Crippen LogP contribution in [0.4, 0.5) is 5.69 Å². The number of aromatic carboxylic acids is 1. The van der Waals surface area contributed by atoms with Gasteiger partial charge in [0.25, 0.3) is 5.91 Å². The molecule has 0 aliphatic carbocycles. The number of benzene rings is 3. The first-order valence-corrected chi connectivity index (χ1v) is 13.1. The summed E-state index contributed by atoms with van der Waals surface area (Å²) in [5, 5.41) is 26.1. The lowest BCUT2D eigenvalue weighted by atomic mass is 10.1. The lowest BCUT2D eigenvalue weighted by Gasteiger charge is -2.12. The number of aryl methyl sites for hydroxylation is 1. The molecule has 11 nitrogen and oxygen atoms in total. The van der Waals surface area contributed by atoms with Crippen LogP contribution in [-0.2, 0) is 11.3 Å². The Bertz CT molecular complexity index is 1510. The van der Waals surface area contributed by atoms with Crippen molar-refractivity contribution in [3.63, 3.8) is 0 Å². The van der Waals surface area contributed by atoms with Gasteiger partial charge in [-0.15, -0.1) is 10.2 Å². The lowest BCUT2D eigenvalue weighted by molar-refractivity contribution is -0.118. The number of rotatable bonds is 12. The molecule has 0 aliphatic heterocycles. The van der Waals surface area contributed by atoms with Crippen LogP contribution in [0.15, 0.2) is 77.0 Å². The maximum atomic E-state index is 12.6. The normalized spacial score (nSPS) is 10.9. The molecule has 0 saturated heterocycles. The van der Waals surface area contributed by atoms with Gasteiger partial charge in [-0.1, -0.05) is 47.7 Å². The molecule has 0 radical (unpaired) electrons. The van der Waals surface area contributed by atoms with Gasteiger partial charge in [0.2, 0.25) is 0 Å². The quantitative estimate of drug-likeness (QED) is 0.132. The lowest BCUT2D eigenvalue weighted by Crippen LogP contribution is -2.20. The summed E-state index contributed by atoms with van der Waals surface area (Å²) in [6, 6.07) is 20.8. The highest BCUT2D eigenvalue weighted by Crippen LogP contribution is 2.33. The molecule has 0 bridgehead atoms. The minimum Gasteiger partial charge on any atom is -0.493 e. The van der Waals surface area contributed by atoms with Gasteiger partial charge in [0.1, 0.15) is 5.56 Å². The SMILES string of the molecule is COc1ccc(/C=N\NC(=O)CSc2nnc(CNc3ccc(C)cc3)n2-c2ccccc2)c(C(=O)O)c1OC. The van der Waals surface area contributed by atoms with Crippen molar-refractivity contribution in [2.75, 3.05) is 25.3 Å². The maximum Gasteiger partial charge on any atom is 0.340 e. The van der Waals surface area contributed by atoms with Crippen molar-refractivity contribution in [3.05, 3.63) is 89.2 Å². The van der Waals surface area contributed by atoms with E-state index in [1.54, 1.807) is 6.07 Å². The number of para-hydroxylation sites is 1. The molecule has 0 spiro atoms. The number of anilines is 1. The summed E-state index contributed by atoms with van der Waals surface area (Å²) in [5.74, 6) is -0.595.